The van der Waals surface area contributed by atoms with Crippen LogP contribution in [0.2, 0.25) is 5.02 Å². The van der Waals surface area contributed by atoms with Crippen LogP contribution < -0.4 is 4.90 Å². The minimum atomic E-state index is -0.499. The molecule has 0 spiro atoms. The van der Waals surface area contributed by atoms with E-state index in [9.17, 15) is 4.79 Å². The van der Waals surface area contributed by atoms with Crippen molar-refractivity contribution in [1.82, 2.24) is 14.9 Å². The molecule has 29 heavy (non-hydrogen) atoms. The Hall–Kier alpha value is -2.54. The van der Waals surface area contributed by atoms with E-state index in [-0.39, 0.29) is 12.1 Å². The van der Waals surface area contributed by atoms with Gasteiger partial charge in [0, 0.05) is 29.5 Å². The Kier molecular flexibility index (Phi) is 4.13. The first-order chi connectivity index (χ1) is 13.8. The van der Waals surface area contributed by atoms with Gasteiger partial charge in [-0.25, -0.2) is 14.8 Å². The summed E-state index contributed by atoms with van der Waals surface area (Å²) >= 11 is 6.16. The van der Waals surface area contributed by atoms with Gasteiger partial charge in [0.2, 0.25) is 0 Å². The molecule has 3 aromatic rings. The molecular weight excluding hydrogens is 392 g/mol. The lowest BCUT2D eigenvalue weighted by Crippen LogP contribution is -2.46. The quantitative estimate of drug-likeness (QED) is 0.578. The minimum absolute atomic E-state index is 0.104. The van der Waals surface area contributed by atoms with Crippen molar-refractivity contribution in [2.24, 2.45) is 0 Å². The predicted molar refractivity (Wildman–Crippen MR) is 111 cm³/mol. The van der Waals surface area contributed by atoms with Crippen molar-refractivity contribution in [2.45, 2.75) is 51.3 Å². The second-order valence-corrected chi connectivity index (χ2v) is 9.21. The van der Waals surface area contributed by atoms with E-state index in [2.05, 4.69) is 14.9 Å². The Bertz CT molecular complexity index is 1110. The van der Waals surface area contributed by atoms with Crippen molar-refractivity contribution in [3.05, 3.63) is 29.5 Å². The number of fused-ring (bicyclic) bond motifs is 5. The number of likely N-dealkylation sites (tertiary alicyclic amines) is 1. The van der Waals surface area contributed by atoms with Gasteiger partial charge in [0.15, 0.2) is 11.4 Å². The Morgan fingerprint density at radius 3 is 2.90 bits per heavy atom. The molecule has 1 aromatic carbocycles. The van der Waals surface area contributed by atoms with Gasteiger partial charge in [0.05, 0.1) is 6.04 Å². The van der Waals surface area contributed by atoms with E-state index in [1.165, 1.54) is 0 Å². The number of benzene rings is 1. The Balaban J connectivity index is 1.48. The maximum Gasteiger partial charge on any atom is 0.410 e. The second-order valence-electron chi connectivity index (χ2n) is 8.78. The molecule has 2 fully saturated rings. The van der Waals surface area contributed by atoms with Gasteiger partial charge in [-0.1, -0.05) is 11.6 Å². The maximum absolute atomic E-state index is 12.6. The van der Waals surface area contributed by atoms with E-state index in [4.69, 9.17) is 20.8 Å². The van der Waals surface area contributed by atoms with Gasteiger partial charge in [0.1, 0.15) is 23.0 Å². The number of furan rings is 1. The van der Waals surface area contributed by atoms with Crippen LogP contribution in [0.3, 0.4) is 0 Å². The molecular formula is C21H23ClN4O3. The van der Waals surface area contributed by atoms with E-state index >= 15 is 0 Å². The summed E-state index contributed by atoms with van der Waals surface area (Å²) in [6.45, 7) is 7.07. The molecule has 152 valence electrons. The molecule has 8 heteroatoms. The summed E-state index contributed by atoms with van der Waals surface area (Å²) in [6.07, 6.45) is 3.10. The molecule has 2 unspecified atom stereocenters. The summed E-state index contributed by atoms with van der Waals surface area (Å²) in [7, 11) is 0. The van der Waals surface area contributed by atoms with Gasteiger partial charge in [0.25, 0.3) is 0 Å². The minimum Gasteiger partial charge on any atom is -0.450 e. The van der Waals surface area contributed by atoms with Crippen LogP contribution in [-0.2, 0) is 4.74 Å². The number of rotatable bonds is 1. The number of halogens is 1. The monoisotopic (exact) mass is 414 g/mol. The zero-order valence-corrected chi connectivity index (χ0v) is 17.4. The Morgan fingerprint density at radius 2 is 2.10 bits per heavy atom. The molecule has 2 atom stereocenters. The summed E-state index contributed by atoms with van der Waals surface area (Å²) in [6, 6.07) is 5.95. The van der Waals surface area contributed by atoms with Crippen LogP contribution in [0.4, 0.5) is 10.6 Å². The highest BCUT2D eigenvalue weighted by molar-refractivity contribution is 6.31. The van der Waals surface area contributed by atoms with Crippen molar-refractivity contribution in [3.63, 3.8) is 0 Å². The molecule has 2 aromatic heterocycles. The summed E-state index contributed by atoms with van der Waals surface area (Å²) in [4.78, 5) is 25.7. The molecule has 0 aliphatic carbocycles. The second kappa shape index (κ2) is 6.49. The first-order valence-electron chi connectivity index (χ1n) is 9.89. The molecule has 2 aliphatic heterocycles. The molecule has 1 amide bonds. The summed E-state index contributed by atoms with van der Waals surface area (Å²) in [5, 5.41) is 1.53. The summed E-state index contributed by atoms with van der Waals surface area (Å²) in [5.41, 5.74) is 1.67. The highest BCUT2D eigenvalue weighted by Gasteiger charge is 2.44. The molecule has 2 saturated heterocycles. The van der Waals surface area contributed by atoms with E-state index < -0.39 is 5.60 Å². The molecule has 0 radical (unpaired) electrons. The number of aromatic nitrogens is 2. The SMILES string of the molecule is CC(C)(C)OC(=O)N1CCC2CC1CN2c1ncnc2c1oc1ccc(Cl)cc12. The molecule has 7 nitrogen and oxygen atoms in total. The molecule has 2 bridgehead atoms. The van der Waals surface area contributed by atoms with Crippen molar-refractivity contribution in [3.8, 4) is 0 Å². The van der Waals surface area contributed by atoms with Crippen LogP contribution in [0, 0.1) is 0 Å². The average molecular weight is 415 g/mol. The molecule has 4 heterocycles. The Morgan fingerprint density at radius 1 is 1.28 bits per heavy atom. The summed E-state index contributed by atoms with van der Waals surface area (Å²) in [5.74, 6) is 0.779. The average Bonchev–Trinajstić information content (AvgIpc) is 3.18. The van der Waals surface area contributed by atoms with Gasteiger partial charge < -0.3 is 19.0 Å². The van der Waals surface area contributed by atoms with Crippen molar-refractivity contribution >= 4 is 45.6 Å². The zero-order chi connectivity index (χ0) is 20.3. The number of amides is 1. The lowest BCUT2D eigenvalue weighted by Gasteiger charge is -2.33. The zero-order valence-electron chi connectivity index (χ0n) is 16.7. The van der Waals surface area contributed by atoms with Crippen molar-refractivity contribution in [1.29, 1.82) is 0 Å². The fourth-order valence-corrected chi connectivity index (χ4v) is 4.60. The van der Waals surface area contributed by atoms with Gasteiger partial charge in [-0.3, -0.25) is 0 Å². The number of piperidine rings is 1. The number of hydrogen-bond acceptors (Lipinski definition) is 6. The molecule has 2 aliphatic rings. The highest BCUT2D eigenvalue weighted by atomic mass is 35.5. The fraction of sp³-hybridized carbons (Fsp3) is 0.476. The lowest BCUT2D eigenvalue weighted by molar-refractivity contribution is 0.0142. The normalized spacial score (nSPS) is 21.9. The van der Waals surface area contributed by atoms with Crippen LogP contribution in [0.15, 0.2) is 28.9 Å². The van der Waals surface area contributed by atoms with Gasteiger partial charge >= 0.3 is 6.09 Å². The first kappa shape index (κ1) is 18.5. The van der Waals surface area contributed by atoms with Crippen LogP contribution in [0.1, 0.15) is 33.6 Å². The number of nitrogens with zero attached hydrogens (tertiary/aromatic N) is 4. The third-order valence-corrected chi connectivity index (χ3v) is 5.87. The third kappa shape index (κ3) is 3.17. The van der Waals surface area contributed by atoms with Crippen LogP contribution in [0.5, 0.6) is 0 Å². The van der Waals surface area contributed by atoms with E-state index in [0.29, 0.717) is 29.7 Å². The fourth-order valence-electron chi connectivity index (χ4n) is 4.42. The van der Waals surface area contributed by atoms with E-state index in [1.807, 2.05) is 37.8 Å². The molecule has 0 N–H and O–H groups in total. The number of carbonyl (C=O) groups excluding carboxylic acids is 1. The van der Waals surface area contributed by atoms with Crippen LogP contribution in [0.25, 0.3) is 22.1 Å². The van der Waals surface area contributed by atoms with Gasteiger partial charge in [-0.2, -0.15) is 0 Å². The standard InChI is InChI=1S/C21H23ClN4O3/c1-21(2,3)29-20(27)25-7-6-13-9-14(25)10-26(13)19-18-17(23-11-24-19)15-8-12(22)4-5-16(15)28-18/h4-5,8,11,13-14H,6-7,9-10H2,1-3H3. The third-order valence-electron chi connectivity index (χ3n) is 5.63. The molecule has 0 saturated carbocycles. The Labute approximate surface area is 173 Å². The maximum atomic E-state index is 12.6. The number of anilines is 1. The van der Waals surface area contributed by atoms with Crippen LogP contribution >= 0.6 is 11.6 Å². The smallest absolute Gasteiger partial charge is 0.410 e. The predicted octanol–water partition coefficient (Wildman–Crippen LogP) is 4.62. The molecule has 5 rings (SSSR count). The van der Waals surface area contributed by atoms with E-state index in [0.717, 1.165) is 35.1 Å². The largest absolute Gasteiger partial charge is 0.450 e. The van der Waals surface area contributed by atoms with Crippen LogP contribution in [-0.4, -0.2) is 51.7 Å². The van der Waals surface area contributed by atoms with Gasteiger partial charge in [-0.15, -0.1) is 0 Å². The van der Waals surface area contributed by atoms with Gasteiger partial charge in [-0.05, 0) is 51.8 Å². The van der Waals surface area contributed by atoms with E-state index in [1.54, 1.807) is 12.4 Å². The summed E-state index contributed by atoms with van der Waals surface area (Å²) < 4.78 is 11.7. The number of ether oxygens (including phenoxy) is 1. The lowest BCUT2D eigenvalue weighted by atomic mass is 10.0. The van der Waals surface area contributed by atoms with Crippen molar-refractivity contribution in [2.75, 3.05) is 18.0 Å². The number of hydrogen-bond donors (Lipinski definition) is 0. The topological polar surface area (TPSA) is 71.7 Å². The van der Waals surface area contributed by atoms with Crippen molar-refractivity contribution < 1.29 is 13.9 Å². The first-order valence-corrected chi connectivity index (χ1v) is 10.3. The number of carbonyl (C=O) groups is 1. The highest BCUT2D eigenvalue weighted by Crippen LogP contribution is 2.39.